The Balaban J connectivity index is 1.61. The summed E-state index contributed by atoms with van der Waals surface area (Å²) in [6.45, 7) is 2.07. The van der Waals surface area contributed by atoms with Gasteiger partial charge in [-0.05, 0) is 25.3 Å². The molecule has 150 valence electrons. The van der Waals surface area contributed by atoms with Gasteiger partial charge < -0.3 is 10.1 Å². The Morgan fingerprint density at radius 1 is 1.18 bits per heavy atom. The topological polar surface area (TPSA) is 93.2 Å². The maximum Gasteiger partial charge on any atom is 0.321 e. The van der Waals surface area contributed by atoms with Crippen molar-refractivity contribution in [3.8, 4) is 0 Å². The Bertz CT molecular complexity index is 775. The first kappa shape index (κ1) is 20.3. The van der Waals surface area contributed by atoms with E-state index in [0.717, 1.165) is 23.4 Å². The van der Waals surface area contributed by atoms with Gasteiger partial charge in [-0.1, -0.05) is 60.9 Å². The summed E-state index contributed by atoms with van der Waals surface area (Å²) >= 11 is 1.43. The van der Waals surface area contributed by atoms with Crippen LogP contribution in [-0.2, 0) is 9.53 Å². The quantitative estimate of drug-likeness (QED) is 0.670. The number of anilines is 1. The Morgan fingerprint density at radius 2 is 1.93 bits per heavy atom. The first-order chi connectivity index (χ1) is 13.7. The van der Waals surface area contributed by atoms with Gasteiger partial charge in [0.25, 0.3) is 0 Å². The second kappa shape index (κ2) is 10.2. The first-order valence-corrected chi connectivity index (χ1v) is 10.6. The van der Waals surface area contributed by atoms with Crippen molar-refractivity contribution in [3.05, 3.63) is 40.9 Å². The number of nitrogens with zero attached hydrogens (tertiary/aromatic N) is 2. The molecule has 0 saturated heterocycles. The van der Waals surface area contributed by atoms with Crippen LogP contribution in [0.2, 0.25) is 0 Å². The van der Waals surface area contributed by atoms with Crippen LogP contribution in [0.25, 0.3) is 0 Å². The fraction of sp³-hybridized carbons (Fsp3) is 0.500. The number of ether oxygens (including phenoxy) is 1. The molecule has 7 nitrogen and oxygen atoms in total. The molecule has 28 heavy (non-hydrogen) atoms. The number of hydrogen-bond acceptors (Lipinski definition) is 6. The number of amides is 2. The Kier molecular flexibility index (Phi) is 7.36. The molecule has 8 heteroatoms. The summed E-state index contributed by atoms with van der Waals surface area (Å²) in [6.07, 6.45) is 6.06. The summed E-state index contributed by atoms with van der Waals surface area (Å²) in [5, 5.41) is 15.4. The number of carbonyl (C=O) groups is 2. The summed E-state index contributed by atoms with van der Waals surface area (Å²) in [7, 11) is 0. The highest BCUT2D eigenvalue weighted by atomic mass is 32.1. The summed E-state index contributed by atoms with van der Waals surface area (Å²) in [5.41, 5.74) is 0.839. The van der Waals surface area contributed by atoms with E-state index in [4.69, 9.17) is 4.74 Å². The van der Waals surface area contributed by atoms with Gasteiger partial charge in [0.1, 0.15) is 5.01 Å². The van der Waals surface area contributed by atoms with Crippen molar-refractivity contribution in [1.29, 1.82) is 0 Å². The highest BCUT2D eigenvalue weighted by Gasteiger charge is 2.22. The van der Waals surface area contributed by atoms with Gasteiger partial charge in [-0.3, -0.25) is 10.1 Å². The van der Waals surface area contributed by atoms with Crippen LogP contribution in [0.15, 0.2) is 30.3 Å². The van der Waals surface area contributed by atoms with Gasteiger partial charge in [0, 0.05) is 5.92 Å². The number of carbonyl (C=O) groups excluding carboxylic acids is 2. The number of nitrogens with one attached hydrogen (secondary N) is 2. The molecule has 1 aromatic carbocycles. The fourth-order valence-electron chi connectivity index (χ4n) is 3.42. The Labute approximate surface area is 168 Å². The van der Waals surface area contributed by atoms with Gasteiger partial charge in [0.2, 0.25) is 5.13 Å². The van der Waals surface area contributed by atoms with Crippen molar-refractivity contribution in [3.63, 3.8) is 0 Å². The van der Waals surface area contributed by atoms with Crippen molar-refractivity contribution in [2.75, 3.05) is 11.9 Å². The number of hydrogen-bond donors (Lipinski definition) is 2. The predicted molar refractivity (Wildman–Crippen MR) is 108 cm³/mol. The molecule has 1 aromatic heterocycles. The van der Waals surface area contributed by atoms with Gasteiger partial charge in [-0.25, -0.2) is 4.79 Å². The molecule has 1 aliphatic carbocycles. The zero-order chi connectivity index (χ0) is 19.8. The number of esters is 1. The fourth-order valence-corrected chi connectivity index (χ4v) is 4.32. The van der Waals surface area contributed by atoms with Gasteiger partial charge in [0.15, 0.2) is 0 Å². The smallest absolute Gasteiger partial charge is 0.321 e. The minimum atomic E-state index is -0.481. The molecule has 1 unspecified atom stereocenters. The lowest BCUT2D eigenvalue weighted by atomic mass is 9.90. The van der Waals surface area contributed by atoms with Crippen molar-refractivity contribution >= 4 is 28.5 Å². The normalized spacial score (nSPS) is 15.6. The summed E-state index contributed by atoms with van der Waals surface area (Å²) in [5.74, 6) is 0.0953. The third-order valence-electron chi connectivity index (χ3n) is 4.80. The minimum absolute atomic E-state index is 0.0642. The van der Waals surface area contributed by atoms with Crippen LogP contribution >= 0.6 is 11.3 Å². The third-order valence-corrected chi connectivity index (χ3v) is 5.80. The van der Waals surface area contributed by atoms with Crippen LogP contribution in [0, 0.1) is 0 Å². The maximum atomic E-state index is 12.5. The molecule has 0 radical (unpaired) electrons. The van der Waals surface area contributed by atoms with Crippen LogP contribution in [-0.4, -0.2) is 28.8 Å². The molecule has 3 rings (SSSR count). The van der Waals surface area contributed by atoms with Crippen molar-refractivity contribution in [2.45, 2.75) is 57.4 Å². The highest BCUT2D eigenvalue weighted by molar-refractivity contribution is 7.15. The lowest BCUT2D eigenvalue weighted by Gasteiger charge is -2.18. The number of benzene rings is 1. The molecule has 1 saturated carbocycles. The van der Waals surface area contributed by atoms with Crippen molar-refractivity contribution in [1.82, 2.24) is 15.5 Å². The van der Waals surface area contributed by atoms with Crippen molar-refractivity contribution in [2.24, 2.45) is 0 Å². The minimum Gasteiger partial charge on any atom is -0.466 e. The molecule has 1 fully saturated rings. The molecule has 0 bridgehead atoms. The zero-order valence-corrected chi connectivity index (χ0v) is 16.8. The van der Waals surface area contributed by atoms with E-state index in [1.807, 2.05) is 30.3 Å². The summed E-state index contributed by atoms with van der Waals surface area (Å²) in [4.78, 5) is 24.4. The molecule has 2 aromatic rings. The molecular weight excluding hydrogens is 376 g/mol. The van der Waals surface area contributed by atoms with Gasteiger partial charge in [-0.2, -0.15) is 0 Å². The number of rotatable bonds is 7. The Hall–Kier alpha value is -2.48. The van der Waals surface area contributed by atoms with Crippen LogP contribution in [0.1, 0.15) is 68.0 Å². The zero-order valence-electron chi connectivity index (χ0n) is 16.0. The Morgan fingerprint density at radius 3 is 2.64 bits per heavy atom. The molecule has 1 heterocycles. The van der Waals surface area contributed by atoms with Gasteiger partial charge >= 0.3 is 12.0 Å². The lowest BCUT2D eigenvalue weighted by molar-refractivity contribution is -0.143. The predicted octanol–water partition coefficient (Wildman–Crippen LogP) is 4.40. The van der Waals surface area contributed by atoms with E-state index in [1.54, 1.807) is 6.92 Å². The SMILES string of the molecule is CCOC(=O)CC(NC(=O)Nc1nnc(C2CCCCC2)s1)c1ccccc1. The highest BCUT2D eigenvalue weighted by Crippen LogP contribution is 2.35. The van der Waals surface area contributed by atoms with Crippen molar-refractivity contribution < 1.29 is 14.3 Å². The number of aromatic nitrogens is 2. The van der Waals surface area contributed by atoms with E-state index >= 15 is 0 Å². The average Bonchev–Trinajstić information content (AvgIpc) is 3.17. The maximum absolute atomic E-state index is 12.5. The summed E-state index contributed by atoms with van der Waals surface area (Å²) < 4.78 is 5.03. The van der Waals surface area contributed by atoms with Gasteiger partial charge in [-0.15, -0.1) is 10.2 Å². The van der Waals surface area contributed by atoms with E-state index in [-0.39, 0.29) is 12.4 Å². The molecule has 0 spiro atoms. The van der Waals surface area contributed by atoms with Crippen LogP contribution in [0.3, 0.4) is 0 Å². The van der Waals surface area contributed by atoms with Crippen LogP contribution in [0.5, 0.6) is 0 Å². The lowest BCUT2D eigenvalue weighted by Crippen LogP contribution is -2.34. The van der Waals surface area contributed by atoms with E-state index in [1.165, 1.54) is 30.6 Å². The van der Waals surface area contributed by atoms with E-state index in [0.29, 0.717) is 17.7 Å². The van der Waals surface area contributed by atoms with Crippen LogP contribution in [0.4, 0.5) is 9.93 Å². The van der Waals surface area contributed by atoms with Crippen LogP contribution < -0.4 is 10.6 Å². The summed E-state index contributed by atoms with van der Waals surface area (Å²) in [6, 6.07) is 8.48. The second-order valence-corrected chi connectivity index (χ2v) is 7.86. The molecular formula is C20H26N4O3S. The van der Waals surface area contributed by atoms with E-state index in [9.17, 15) is 9.59 Å². The van der Waals surface area contributed by atoms with Gasteiger partial charge in [0.05, 0.1) is 19.1 Å². The van der Waals surface area contributed by atoms with E-state index < -0.39 is 12.1 Å². The molecule has 0 aliphatic heterocycles. The molecule has 1 aliphatic rings. The molecule has 2 amide bonds. The number of urea groups is 1. The standard InChI is InChI=1S/C20H26N4O3S/c1-2-27-17(25)13-16(14-9-5-3-6-10-14)21-19(26)22-20-24-23-18(28-20)15-11-7-4-8-12-15/h3,5-6,9-10,15-16H,2,4,7-8,11-13H2,1H3,(H2,21,22,24,26). The first-order valence-electron chi connectivity index (χ1n) is 9.77. The monoisotopic (exact) mass is 402 g/mol. The molecule has 2 N–H and O–H groups in total. The largest absolute Gasteiger partial charge is 0.466 e. The molecule has 1 atom stereocenters. The third kappa shape index (κ3) is 5.76. The average molecular weight is 403 g/mol. The second-order valence-electron chi connectivity index (χ2n) is 6.85. The van der Waals surface area contributed by atoms with E-state index in [2.05, 4.69) is 20.8 Å².